The monoisotopic (exact) mass is 403 g/mol. The standard InChI is InChI=1S/C17H13N3O4.O3S/c1-10-9-14(16(21)12-6-3-2-5-11(10)12)19-18-13-7-4-8-15(17(13)22)20(23)24;1-4(2)3/h2-9,21-22H,1H3;. The third-order valence-electron chi connectivity index (χ3n) is 3.66. The Morgan fingerprint density at radius 1 is 0.893 bits per heavy atom. The predicted molar refractivity (Wildman–Crippen MR) is 99.0 cm³/mol. The molecule has 0 saturated heterocycles. The van der Waals surface area contributed by atoms with Gasteiger partial charge in [-0.2, -0.15) is 0 Å². The van der Waals surface area contributed by atoms with Crippen LogP contribution in [0.1, 0.15) is 5.56 Å². The normalized spacial score (nSPS) is 10.5. The number of para-hydroxylation sites is 1. The molecule has 0 saturated carbocycles. The fourth-order valence-electron chi connectivity index (χ4n) is 2.45. The maximum Gasteiger partial charge on any atom is 0.425 e. The van der Waals surface area contributed by atoms with Crippen molar-refractivity contribution >= 4 is 38.4 Å². The van der Waals surface area contributed by atoms with Crippen LogP contribution >= 0.6 is 0 Å². The van der Waals surface area contributed by atoms with Crippen molar-refractivity contribution in [2.75, 3.05) is 0 Å². The molecule has 3 aromatic carbocycles. The molecule has 0 amide bonds. The van der Waals surface area contributed by atoms with Gasteiger partial charge in [0.1, 0.15) is 11.4 Å². The first-order valence-electron chi connectivity index (χ1n) is 7.58. The molecule has 28 heavy (non-hydrogen) atoms. The van der Waals surface area contributed by atoms with Crippen LogP contribution in [0.3, 0.4) is 0 Å². The fraction of sp³-hybridized carbons (Fsp3) is 0.0588. The molecular weight excluding hydrogens is 390 g/mol. The maximum absolute atomic E-state index is 10.8. The zero-order valence-corrected chi connectivity index (χ0v) is 15.1. The Labute approximate surface area is 159 Å². The number of benzene rings is 3. The average molecular weight is 403 g/mol. The summed E-state index contributed by atoms with van der Waals surface area (Å²) in [6, 6.07) is 13.0. The molecule has 0 bridgehead atoms. The molecule has 2 N–H and O–H groups in total. The van der Waals surface area contributed by atoms with Crippen molar-refractivity contribution < 1.29 is 27.8 Å². The Kier molecular flexibility index (Phi) is 6.34. The first-order valence-corrected chi connectivity index (χ1v) is 8.58. The van der Waals surface area contributed by atoms with Crippen LogP contribution in [0, 0.1) is 17.0 Å². The molecule has 0 aliphatic carbocycles. The number of fused-ring (bicyclic) bond motifs is 1. The molecule has 0 aromatic heterocycles. The van der Waals surface area contributed by atoms with Crippen LogP contribution in [0.25, 0.3) is 10.8 Å². The maximum atomic E-state index is 10.8. The Morgan fingerprint density at radius 3 is 2.07 bits per heavy atom. The number of azo groups is 1. The van der Waals surface area contributed by atoms with Crippen molar-refractivity contribution in [3.63, 3.8) is 0 Å². The topological polar surface area (TPSA) is 160 Å². The molecule has 3 aromatic rings. The number of hydrogen-bond donors (Lipinski definition) is 2. The largest absolute Gasteiger partial charge is 0.505 e. The summed E-state index contributed by atoms with van der Waals surface area (Å²) in [7, 11) is -3.11. The van der Waals surface area contributed by atoms with Gasteiger partial charge in [0.25, 0.3) is 0 Å². The van der Waals surface area contributed by atoms with Crippen LogP contribution in [0.15, 0.2) is 58.8 Å². The molecule has 0 aliphatic rings. The Balaban J connectivity index is 0.000000640. The van der Waals surface area contributed by atoms with E-state index in [1.807, 2.05) is 19.1 Å². The molecule has 11 heteroatoms. The number of aryl methyl sites for hydroxylation is 1. The molecule has 0 heterocycles. The van der Waals surface area contributed by atoms with Crippen LogP contribution < -0.4 is 0 Å². The lowest BCUT2D eigenvalue weighted by molar-refractivity contribution is -0.385. The number of nitro benzene ring substituents is 1. The minimum absolute atomic E-state index is 0.0372. The Bertz CT molecular complexity index is 1190. The van der Waals surface area contributed by atoms with Crippen LogP contribution in [0.4, 0.5) is 17.1 Å². The highest BCUT2D eigenvalue weighted by molar-refractivity contribution is 7.59. The highest BCUT2D eigenvalue weighted by Crippen LogP contribution is 2.40. The number of nitro groups is 1. The highest BCUT2D eigenvalue weighted by atomic mass is 32.2. The third kappa shape index (κ3) is 4.65. The van der Waals surface area contributed by atoms with Crippen molar-refractivity contribution in [3.8, 4) is 11.5 Å². The summed E-state index contributed by atoms with van der Waals surface area (Å²) in [4.78, 5) is 10.1. The number of aromatic hydroxyl groups is 2. The molecule has 144 valence electrons. The first-order chi connectivity index (χ1) is 13.2. The molecule has 0 atom stereocenters. The van der Waals surface area contributed by atoms with Crippen LogP contribution in [0.2, 0.25) is 0 Å². The van der Waals surface area contributed by atoms with Gasteiger partial charge < -0.3 is 10.2 Å². The summed E-state index contributed by atoms with van der Waals surface area (Å²) in [5.74, 6) is -0.604. The second kappa shape index (κ2) is 8.68. The van der Waals surface area contributed by atoms with Gasteiger partial charge in [-0.1, -0.05) is 30.3 Å². The fourth-order valence-corrected chi connectivity index (χ4v) is 2.45. The predicted octanol–water partition coefficient (Wildman–Crippen LogP) is 3.88. The lowest BCUT2D eigenvalue weighted by atomic mass is 10.0. The smallest absolute Gasteiger partial charge is 0.425 e. The van der Waals surface area contributed by atoms with E-state index in [0.29, 0.717) is 5.39 Å². The molecule has 0 radical (unpaired) electrons. The number of phenols is 2. The zero-order chi connectivity index (χ0) is 20.8. The molecule has 0 spiro atoms. The van der Waals surface area contributed by atoms with Gasteiger partial charge in [-0.05, 0) is 30.0 Å². The van der Waals surface area contributed by atoms with E-state index >= 15 is 0 Å². The Hall–Kier alpha value is -3.86. The molecule has 3 rings (SSSR count). The van der Waals surface area contributed by atoms with Crippen LogP contribution in [-0.2, 0) is 10.6 Å². The summed E-state index contributed by atoms with van der Waals surface area (Å²) in [5, 5.41) is 40.3. The van der Waals surface area contributed by atoms with Crippen molar-refractivity contribution in [2.45, 2.75) is 6.92 Å². The Morgan fingerprint density at radius 2 is 1.46 bits per heavy atom. The van der Waals surface area contributed by atoms with E-state index in [-0.39, 0.29) is 17.1 Å². The minimum Gasteiger partial charge on any atom is -0.505 e. The molecule has 0 aliphatic heterocycles. The second-order valence-electron chi connectivity index (χ2n) is 5.41. The highest BCUT2D eigenvalue weighted by Gasteiger charge is 2.16. The van der Waals surface area contributed by atoms with Gasteiger partial charge >= 0.3 is 16.3 Å². The minimum atomic E-state index is -3.11. The van der Waals surface area contributed by atoms with Gasteiger partial charge in [-0.3, -0.25) is 10.1 Å². The van der Waals surface area contributed by atoms with Gasteiger partial charge in [0.05, 0.1) is 4.92 Å². The summed E-state index contributed by atoms with van der Waals surface area (Å²) in [6.07, 6.45) is 0. The van der Waals surface area contributed by atoms with Gasteiger partial charge in [0.2, 0.25) is 5.75 Å². The summed E-state index contributed by atoms with van der Waals surface area (Å²) in [5.41, 5.74) is 0.623. The van der Waals surface area contributed by atoms with Gasteiger partial charge in [-0.25, -0.2) is 0 Å². The summed E-state index contributed by atoms with van der Waals surface area (Å²) < 4.78 is 25.3. The lowest BCUT2D eigenvalue weighted by Crippen LogP contribution is -1.87. The molecule has 10 nitrogen and oxygen atoms in total. The quantitative estimate of drug-likeness (QED) is 0.381. The molecular formula is C17H13N3O7S. The van der Waals surface area contributed by atoms with E-state index in [0.717, 1.165) is 10.9 Å². The number of phenolic OH excluding ortho intramolecular Hbond substituents is 2. The second-order valence-corrected chi connectivity index (χ2v) is 5.82. The van der Waals surface area contributed by atoms with Crippen molar-refractivity contribution in [2.24, 2.45) is 10.2 Å². The first kappa shape index (κ1) is 20.5. The van der Waals surface area contributed by atoms with E-state index in [4.69, 9.17) is 12.6 Å². The van der Waals surface area contributed by atoms with E-state index in [9.17, 15) is 20.3 Å². The number of rotatable bonds is 3. The average Bonchev–Trinajstić information content (AvgIpc) is 2.64. The molecule has 0 fully saturated rings. The summed E-state index contributed by atoms with van der Waals surface area (Å²) in [6.45, 7) is 1.88. The number of nitrogens with zero attached hydrogens (tertiary/aromatic N) is 3. The third-order valence-corrected chi connectivity index (χ3v) is 3.66. The van der Waals surface area contributed by atoms with Crippen molar-refractivity contribution in [1.82, 2.24) is 0 Å². The van der Waals surface area contributed by atoms with Gasteiger partial charge in [-0.15, -0.1) is 22.9 Å². The number of hydrogen-bond acceptors (Lipinski definition) is 9. The van der Waals surface area contributed by atoms with Crippen LogP contribution in [-0.4, -0.2) is 27.8 Å². The lowest BCUT2D eigenvalue weighted by Gasteiger charge is -2.07. The van der Waals surface area contributed by atoms with Crippen molar-refractivity contribution in [3.05, 3.63) is 64.2 Å². The van der Waals surface area contributed by atoms with E-state index < -0.39 is 27.0 Å². The summed E-state index contributed by atoms with van der Waals surface area (Å²) >= 11 is 0. The zero-order valence-electron chi connectivity index (χ0n) is 14.3. The SMILES string of the molecule is Cc1cc(N=Nc2cccc([N+](=O)[O-])c2O)c(O)c2ccccc12.O=S(=O)=O. The van der Waals surface area contributed by atoms with Gasteiger partial charge in [0.15, 0.2) is 5.75 Å². The van der Waals surface area contributed by atoms with Crippen molar-refractivity contribution in [1.29, 1.82) is 0 Å². The van der Waals surface area contributed by atoms with E-state index in [2.05, 4.69) is 10.2 Å². The van der Waals surface area contributed by atoms with E-state index in [1.54, 1.807) is 18.2 Å². The molecule has 0 unspecified atom stereocenters. The van der Waals surface area contributed by atoms with Gasteiger partial charge in [0, 0.05) is 11.5 Å². The van der Waals surface area contributed by atoms with E-state index in [1.165, 1.54) is 18.2 Å². The van der Waals surface area contributed by atoms with Crippen LogP contribution in [0.5, 0.6) is 11.5 Å².